The highest BCUT2D eigenvalue weighted by Gasteiger charge is 1.91. The van der Waals surface area contributed by atoms with Gasteiger partial charge in [-0.3, -0.25) is 0 Å². The molecule has 2 heteroatoms. The average Bonchev–Trinajstić information content (AvgIpc) is 2.17. The number of rotatable bonds is 6. The van der Waals surface area contributed by atoms with Crippen molar-refractivity contribution in [1.29, 1.82) is 0 Å². The molecule has 0 aromatic heterocycles. The van der Waals surface area contributed by atoms with Crippen LogP contribution in [0, 0.1) is 0 Å². The van der Waals surface area contributed by atoms with Gasteiger partial charge in [-0.05, 0) is 33.0 Å². The summed E-state index contributed by atoms with van der Waals surface area (Å²) in [5.41, 5.74) is 1.23. The molecule has 0 radical (unpaired) electrons. The van der Waals surface area contributed by atoms with Gasteiger partial charge < -0.3 is 10.0 Å². The summed E-state index contributed by atoms with van der Waals surface area (Å²) in [4.78, 5) is 2.07. The van der Waals surface area contributed by atoms with Gasteiger partial charge in [0.05, 0.1) is 6.61 Å². The van der Waals surface area contributed by atoms with Crippen LogP contribution < -0.4 is 0 Å². The first-order chi connectivity index (χ1) is 6.74. The molecule has 0 aliphatic rings. The highest BCUT2D eigenvalue weighted by molar-refractivity contribution is 5.20. The number of aliphatic hydroxyl groups is 1. The Kier molecular flexibility index (Phi) is 7.95. The van der Waals surface area contributed by atoms with Crippen molar-refractivity contribution in [3.63, 3.8) is 0 Å². The molecular weight excluding hydrogens is 174 g/mol. The van der Waals surface area contributed by atoms with Crippen LogP contribution >= 0.6 is 0 Å². The molecule has 80 valence electrons. The van der Waals surface area contributed by atoms with Crippen molar-refractivity contribution in [2.45, 2.75) is 20.8 Å². The van der Waals surface area contributed by atoms with Gasteiger partial charge in [0, 0.05) is 13.1 Å². The summed E-state index contributed by atoms with van der Waals surface area (Å²) in [6.45, 7) is 7.97. The summed E-state index contributed by atoms with van der Waals surface area (Å²) >= 11 is 0. The van der Waals surface area contributed by atoms with E-state index in [4.69, 9.17) is 5.11 Å². The maximum Gasteiger partial charge on any atom is 0.0606 e. The predicted molar refractivity (Wildman–Crippen MR) is 62.0 cm³/mol. The van der Waals surface area contributed by atoms with E-state index in [1.165, 1.54) is 5.57 Å². The third-order valence-corrected chi connectivity index (χ3v) is 1.88. The Hall–Kier alpha value is -1.02. The van der Waals surface area contributed by atoms with Crippen LogP contribution in [0.2, 0.25) is 0 Å². The molecular formula is C12H21NO. The second-order valence-electron chi connectivity index (χ2n) is 3.10. The van der Waals surface area contributed by atoms with E-state index in [1.807, 2.05) is 25.3 Å². The van der Waals surface area contributed by atoms with Crippen LogP contribution in [0.1, 0.15) is 20.8 Å². The summed E-state index contributed by atoms with van der Waals surface area (Å²) < 4.78 is 0. The van der Waals surface area contributed by atoms with E-state index in [9.17, 15) is 0 Å². The van der Waals surface area contributed by atoms with Gasteiger partial charge in [-0.15, -0.1) is 0 Å². The standard InChI is InChI=1S/C12H21NO/c1-4-7-12(3)8-6-9-13(5-2)10-11-14/h4,6-9,14H,5,10-11H2,1-3H3/b7-4-,9-6+,12-8-. The van der Waals surface area contributed by atoms with Gasteiger partial charge in [0.2, 0.25) is 0 Å². The van der Waals surface area contributed by atoms with Crippen molar-refractivity contribution in [3.8, 4) is 0 Å². The number of aliphatic hydroxyl groups excluding tert-OH is 1. The molecule has 0 fully saturated rings. The van der Waals surface area contributed by atoms with E-state index in [2.05, 4.69) is 30.9 Å². The lowest BCUT2D eigenvalue weighted by Crippen LogP contribution is -2.20. The van der Waals surface area contributed by atoms with Crippen molar-refractivity contribution in [3.05, 3.63) is 36.1 Å². The maximum absolute atomic E-state index is 8.76. The van der Waals surface area contributed by atoms with Gasteiger partial charge in [0.15, 0.2) is 0 Å². The van der Waals surface area contributed by atoms with Crippen molar-refractivity contribution in [2.24, 2.45) is 0 Å². The Morgan fingerprint density at radius 3 is 2.64 bits per heavy atom. The SMILES string of the molecule is C\C=C/C(C)=C\C=C\N(CC)CCO. The molecule has 0 saturated carbocycles. The lowest BCUT2D eigenvalue weighted by Gasteiger charge is -2.15. The van der Waals surface area contributed by atoms with Crippen molar-refractivity contribution in [2.75, 3.05) is 19.7 Å². The van der Waals surface area contributed by atoms with E-state index in [-0.39, 0.29) is 6.61 Å². The fourth-order valence-electron chi connectivity index (χ4n) is 1.10. The maximum atomic E-state index is 8.76. The number of hydrogen-bond donors (Lipinski definition) is 1. The normalized spacial score (nSPS) is 13.0. The Balaban J connectivity index is 4.06. The van der Waals surface area contributed by atoms with Crippen molar-refractivity contribution in [1.82, 2.24) is 4.90 Å². The molecule has 0 heterocycles. The van der Waals surface area contributed by atoms with Crippen LogP contribution in [-0.2, 0) is 0 Å². The first-order valence-corrected chi connectivity index (χ1v) is 5.07. The van der Waals surface area contributed by atoms with E-state index in [1.54, 1.807) is 0 Å². The van der Waals surface area contributed by atoms with Crippen LogP contribution in [0.5, 0.6) is 0 Å². The molecule has 0 saturated heterocycles. The summed E-state index contributed by atoms with van der Waals surface area (Å²) in [5, 5.41) is 8.76. The quantitative estimate of drug-likeness (QED) is 0.658. The lowest BCUT2D eigenvalue weighted by molar-refractivity contribution is 0.241. The van der Waals surface area contributed by atoms with E-state index in [0.717, 1.165) is 6.54 Å². The minimum atomic E-state index is 0.204. The molecule has 1 N–H and O–H groups in total. The Morgan fingerprint density at radius 1 is 1.43 bits per heavy atom. The Labute approximate surface area is 87.2 Å². The van der Waals surface area contributed by atoms with Crippen LogP contribution in [0.25, 0.3) is 0 Å². The minimum Gasteiger partial charge on any atom is -0.395 e. The van der Waals surface area contributed by atoms with E-state index in [0.29, 0.717) is 6.54 Å². The van der Waals surface area contributed by atoms with Crippen molar-refractivity contribution >= 4 is 0 Å². The number of likely N-dealkylation sites (N-methyl/N-ethyl adjacent to an activating group) is 1. The molecule has 0 aliphatic carbocycles. The predicted octanol–water partition coefficient (Wildman–Crippen LogP) is 2.34. The second-order valence-corrected chi connectivity index (χ2v) is 3.10. The molecule has 0 amide bonds. The molecule has 0 unspecified atom stereocenters. The van der Waals surface area contributed by atoms with Gasteiger partial charge in [-0.25, -0.2) is 0 Å². The van der Waals surface area contributed by atoms with E-state index < -0.39 is 0 Å². The smallest absolute Gasteiger partial charge is 0.0606 e. The van der Waals surface area contributed by atoms with Gasteiger partial charge >= 0.3 is 0 Å². The highest BCUT2D eigenvalue weighted by Crippen LogP contribution is 1.96. The van der Waals surface area contributed by atoms with Gasteiger partial charge in [-0.1, -0.05) is 23.8 Å². The minimum absolute atomic E-state index is 0.204. The van der Waals surface area contributed by atoms with Gasteiger partial charge in [0.25, 0.3) is 0 Å². The number of nitrogens with zero attached hydrogens (tertiary/aromatic N) is 1. The molecule has 0 bridgehead atoms. The second kappa shape index (κ2) is 8.57. The zero-order valence-corrected chi connectivity index (χ0v) is 9.40. The summed E-state index contributed by atoms with van der Waals surface area (Å²) in [7, 11) is 0. The lowest BCUT2D eigenvalue weighted by atomic mass is 10.2. The van der Waals surface area contributed by atoms with Gasteiger partial charge in [-0.2, -0.15) is 0 Å². The van der Waals surface area contributed by atoms with Crippen LogP contribution in [0.3, 0.4) is 0 Å². The summed E-state index contributed by atoms with van der Waals surface area (Å²) in [5.74, 6) is 0. The molecule has 0 aromatic carbocycles. The van der Waals surface area contributed by atoms with Crippen molar-refractivity contribution < 1.29 is 5.11 Å². The highest BCUT2D eigenvalue weighted by atomic mass is 16.3. The first-order valence-electron chi connectivity index (χ1n) is 5.07. The molecule has 0 atom stereocenters. The zero-order valence-electron chi connectivity index (χ0n) is 9.40. The molecule has 0 rings (SSSR count). The molecule has 0 aromatic rings. The topological polar surface area (TPSA) is 23.5 Å². The van der Waals surface area contributed by atoms with E-state index >= 15 is 0 Å². The van der Waals surface area contributed by atoms with Gasteiger partial charge in [0.1, 0.15) is 0 Å². The van der Waals surface area contributed by atoms with Crippen LogP contribution in [0.15, 0.2) is 36.1 Å². The number of hydrogen-bond acceptors (Lipinski definition) is 2. The summed E-state index contributed by atoms with van der Waals surface area (Å²) in [6.07, 6.45) is 10.1. The molecule has 14 heavy (non-hydrogen) atoms. The fraction of sp³-hybridized carbons (Fsp3) is 0.500. The largest absolute Gasteiger partial charge is 0.395 e. The molecule has 2 nitrogen and oxygen atoms in total. The monoisotopic (exact) mass is 195 g/mol. The fourth-order valence-corrected chi connectivity index (χ4v) is 1.10. The first kappa shape index (κ1) is 13.0. The number of allylic oxidation sites excluding steroid dienone is 5. The molecule has 0 aliphatic heterocycles. The average molecular weight is 195 g/mol. The summed E-state index contributed by atoms with van der Waals surface area (Å²) in [6, 6.07) is 0. The third-order valence-electron chi connectivity index (χ3n) is 1.88. The third kappa shape index (κ3) is 6.49. The zero-order chi connectivity index (χ0) is 10.8. The van der Waals surface area contributed by atoms with Crippen LogP contribution in [-0.4, -0.2) is 29.7 Å². The Morgan fingerprint density at radius 2 is 2.14 bits per heavy atom. The Bertz CT molecular complexity index is 216. The van der Waals surface area contributed by atoms with Crippen LogP contribution in [0.4, 0.5) is 0 Å². The molecule has 0 spiro atoms.